The first-order valence-corrected chi connectivity index (χ1v) is 9.47. The fourth-order valence-corrected chi connectivity index (χ4v) is 3.24. The number of nitrogens with zero attached hydrogens (tertiary/aromatic N) is 1. The van der Waals surface area contributed by atoms with Crippen LogP contribution in [0.3, 0.4) is 0 Å². The Bertz CT molecular complexity index is 884. The summed E-state index contributed by atoms with van der Waals surface area (Å²) >= 11 is 2.22. The van der Waals surface area contributed by atoms with Gasteiger partial charge in [0.25, 0.3) is 0 Å². The van der Waals surface area contributed by atoms with Gasteiger partial charge in [0.15, 0.2) is 0 Å². The van der Waals surface area contributed by atoms with E-state index in [1.54, 1.807) is 0 Å². The number of hydrogen-bond acceptors (Lipinski definition) is 1. The first-order valence-electron chi connectivity index (χ1n) is 8.23. The van der Waals surface area contributed by atoms with E-state index in [2.05, 4.69) is 60.7 Å². The fourth-order valence-electron chi connectivity index (χ4n) is 2.88. The summed E-state index contributed by atoms with van der Waals surface area (Å²) in [5.74, 6) is 0.0571. The Morgan fingerprint density at radius 2 is 1.64 bits per heavy atom. The first-order chi connectivity index (χ1) is 12.1. The maximum absolute atomic E-state index is 13.4. The van der Waals surface area contributed by atoms with Gasteiger partial charge in [0.05, 0.1) is 11.4 Å². The smallest absolute Gasteiger partial charge is 0.123 e. The molecule has 0 aliphatic rings. The third-order valence-electron chi connectivity index (χ3n) is 4.09. The SMILES string of the molecule is CC(C)c1nc(-c2ccccc2)cc(-c2ccc(F)cc2)c1/C=C/I. The summed E-state index contributed by atoms with van der Waals surface area (Å²) in [6, 6.07) is 18.9. The molecule has 1 heterocycles. The predicted molar refractivity (Wildman–Crippen MR) is 112 cm³/mol. The van der Waals surface area contributed by atoms with Gasteiger partial charge in [-0.1, -0.05) is 78.9 Å². The van der Waals surface area contributed by atoms with E-state index >= 15 is 0 Å². The van der Waals surface area contributed by atoms with E-state index in [1.165, 1.54) is 12.1 Å². The summed E-state index contributed by atoms with van der Waals surface area (Å²) in [7, 11) is 0. The van der Waals surface area contributed by atoms with E-state index in [0.717, 1.165) is 33.6 Å². The van der Waals surface area contributed by atoms with Crippen molar-refractivity contribution < 1.29 is 4.39 Å². The summed E-state index contributed by atoms with van der Waals surface area (Å²) in [6.07, 6.45) is 2.08. The zero-order valence-corrected chi connectivity index (χ0v) is 16.4. The average molecular weight is 443 g/mol. The van der Waals surface area contributed by atoms with Gasteiger partial charge in [-0.2, -0.15) is 0 Å². The summed E-state index contributed by atoms with van der Waals surface area (Å²) in [5.41, 5.74) is 6.23. The molecule has 1 aromatic heterocycles. The molecule has 1 nitrogen and oxygen atoms in total. The molecule has 0 saturated carbocycles. The molecule has 25 heavy (non-hydrogen) atoms. The molecule has 3 aromatic rings. The largest absolute Gasteiger partial charge is 0.252 e. The van der Waals surface area contributed by atoms with Crippen molar-refractivity contribution in [3.05, 3.63) is 81.8 Å². The number of benzene rings is 2. The quantitative estimate of drug-likeness (QED) is 0.393. The molecule has 0 amide bonds. The van der Waals surface area contributed by atoms with Crippen LogP contribution in [-0.4, -0.2) is 4.98 Å². The topological polar surface area (TPSA) is 12.9 Å². The summed E-state index contributed by atoms with van der Waals surface area (Å²) in [6.45, 7) is 4.30. The van der Waals surface area contributed by atoms with E-state index in [9.17, 15) is 4.39 Å². The number of halogens is 2. The van der Waals surface area contributed by atoms with Crippen LogP contribution >= 0.6 is 22.6 Å². The van der Waals surface area contributed by atoms with Crippen LogP contribution in [0.5, 0.6) is 0 Å². The van der Waals surface area contributed by atoms with Gasteiger partial charge in [-0.05, 0) is 45.4 Å². The molecule has 0 fully saturated rings. The third kappa shape index (κ3) is 3.98. The van der Waals surface area contributed by atoms with Gasteiger partial charge in [0.2, 0.25) is 0 Å². The van der Waals surface area contributed by atoms with Crippen LogP contribution in [0.25, 0.3) is 28.5 Å². The monoisotopic (exact) mass is 443 g/mol. The number of pyridine rings is 1. The molecular formula is C22H19FIN. The minimum Gasteiger partial charge on any atom is -0.252 e. The van der Waals surface area contributed by atoms with Gasteiger partial charge in [-0.25, -0.2) is 4.39 Å². The minimum atomic E-state index is -0.226. The normalized spacial score (nSPS) is 11.4. The maximum atomic E-state index is 13.4. The second kappa shape index (κ2) is 7.91. The molecule has 0 aliphatic heterocycles. The first kappa shape index (κ1) is 17.8. The highest BCUT2D eigenvalue weighted by Gasteiger charge is 2.15. The molecule has 126 valence electrons. The zero-order chi connectivity index (χ0) is 17.8. The Hall–Kier alpha value is -2.01. The van der Waals surface area contributed by atoms with Gasteiger partial charge >= 0.3 is 0 Å². The lowest BCUT2D eigenvalue weighted by molar-refractivity contribution is 0.628. The molecule has 0 atom stereocenters. The van der Waals surface area contributed by atoms with Crippen molar-refractivity contribution in [2.45, 2.75) is 19.8 Å². The van der Waals surface area contributed by atoms with Crippen LogP contribution in [0.2, 0.25) is 0 Å². The molecular weight excluding hydrogens is 424 g/mol. The Labute approximate surface area is 161 Å². The van der Waals surface area contributed by atoms with Crippen molar-refractivity contribution in [2.75, 3.05) is 0 Å². The van der Waals surface area contributed by atoms with Crippen LogP contribution in [0.1, 0.15) is 31.0 Å². The summed E-state index contributed by atoms with van der Waals surface area (Å²) < 4.78 is 15.4. The van der Waals surface area contributed by atoms with E-state index < -0.39 is 0 Å². The van der Waals surface area contributed by atoms with Crippen LogP contribution in [0, 0.1) is 5.82 Å². The van der Waals surface area contributed by atoms with Gasteiger partial charge in [0.1, 0.15) is 5.82 Å². The Morgan fingerprint density at radius 3 is 2.24 bits per heavy atom. The lowest BCUT2D eigenvalue weighted by atomic mass is 9.92. The highest BCUT2D eigenvalue weighted by Crippen LogP contribution is 2.34. The summed E-state index contributed by atoms with van der Waals surface area (Å²) in [5, 5.41) is 0. The molecule has 0 bridgehead atoms. The molecule has 3 heteroatoms. The lowest BCUT2D eigenvalue weighted by Gasteiger charge is -2.17. The summed E-state index contributed by atoms with van der Waals surface area (Å²) in [4.78, 5) is 4.94. The molecule has 0 aliphatic carbocycles. The van der Waals surface area contributed by atoms with Crippen LogP contribution < -0.4 is 0 Å². The van der Waals surface area contributed by atoms with Crippen molar-refractivity contribution in [1.82, 2.24) is 4.98 Å². The van der Waals surface area contributed by atoms with Crippen LogP contribution in [-0.2, 0) is 0 Å². The van der Waals surface area contributed by atoms with Gasteiger partial charge in [-0.15, -0.1) is 0 Å². The van der Waals surface area contributed by atoms with Crippen molar-refractivity contribution in [2.24, 2.45) is 0 Å². The van der Waals surface area contributed by atoms with Crippen LogP contribution in [0.15, 0.2) is 64.7 Å². The van der Waals surface area contributed by atoms with Crippen molar-refractivity contribution in [3.8, 4) is 22.4 Å². The maximum Gasteiger partial charge on any atom is 0.123 e. The third-order valence-corrected chi connectivity index (χ3v) is 4.45. The molecule has 0 N–H and O–H groups in total. The average Bonchev–Trinajstić information content (AvgIpc) is 2.63. The van der Waals surface area contributed by atoms with E-state index in [4.69, 9.17) is 4.98 Å². The number of aromatic nitrogens is 1. The van der Waals surface area contributed by atoms with E-state index in [1.807, 2.05) is 34.4 Å². The van der Waals surface area contributed by atoms with Crippen molar-refractivity contribution in [3.63, 3.8) is 0 Å². The zero-order valence-electron chi connectivity index (χ0n) is 14.2. The predicted octanol–water partition coefficient (Wildman–Crippen LogP) is 7.08. The fraction of sp³-hybridized carbons (Fsp3) is 0.136. The van der Waals surface area contributed by atoms with Crippen molar-refractivity contribution in [1.29, 1.82) is 0 Å². The second-order valence-electron chi connectivity index (χ2n) is 6.17. The number of rotatable bonds is 4. The highest BCUT2D eigenvalue weighted by atomic mass is 127. The molecule has 2 aromatic carbocycles. The lowest BCUT2D eigenvalue weighted by Crippen LogP contribution is -2.01. The molecule has 0 radical (unpaired) electrons. The molecule has 3 rings (SSSR count). The van der Waals surface area contributed by atoms with E-state index in [0.29, 0.717) is 0 Å². The minimum absolute atomic E-state index is 0.226. The Morgan fingerprint density at radius 1 is 0.960 bits per heavy atom. The highest BCUT2D eigenvalue weighted by molar-refractivity contribution is 14.1. The van der Waals surface area contributed by atoms with Gasteiger partial charge in [-0.3, -0.25) is 4.98 Å². The Kier molecular flexibility index (Phi) is 5.63. The van der Waals surface area contributed by atoms with Crippen molar-refractivity contribution >= 4 is 28.7 Å². The standard InChI is InChI=1S/C22H19FIN/c1-15(2)22-19(12-13-24)20(16-8-10-18(23)11-9-16)14-21(25-22)17-6-4-3-5-7-17/h3-15H,1-2H3/b13-12+. The second-order valence-corrected chi connectivity index (χ2v) is 6.89. The molecule has 0 spiro atoms. The molecule has 0 unspecified atom stereocenters. The van der Waals surface area contributed by atoms with E-state index in [-0.39, 0.29) is 11.7 Å². The van der Waals surface area contributed by atoms with Gasteiger partial charge in [0, 0.05) is 11.1 Å². The van der Waals surface area contributed by atoms with Crippen LogP contribution in [0.4, 0.5) is 4.39 Å². The van der Waals surface area contributed by atoms with Gasteiger partial charge < -0.3 is 0 Å². The Balaban J connectivity index is 2.29. The molecule has 0 saturated heterocycles. The number of hydrogen-bond donors (Lipinski definition) is 0.